The van der Waals surface area contributed by atoms with Crippen LogP contribution in [0.4, 0.5) is 0 Å². The van der Waals surface area contributed by atoms with Gasteiger partial charge in [0.2, 0.25) is 5.91 Å². The summed E-state index contributed by atoms with van der Waals surface area (Å²) >= 11 is 0. The molecule has 0 aromatic carbocycles. The molecule has 2 saturated carbocycles. The number of nitrogens with two attached hydrogens (primary N) is 1. The van der Waals surface area contributed by atoms with E-state index in [0.29, 0.717) is 12.5 Å². The minimum absolute atomic E-state index is 0.124. The second kappa shape index (κ2) is 4.74. The Morgan fingerprint density at radius 1 is 1.38 bits per heavy atom. The number of hydrogen-bond acceptors (Lipinski definition) is 2. The van der Waals surface area contributed by atoms with Crippen molar-refractivity contribution < 1.29 is 4.79 Å². The van der Waals surface area contributed by atoms with E-state index in [2.05, 4.69) is 12.2 Å². The summed E-state index contributed by atoms with van der Waals surface area (Å²) < 4.78 is 0. The molecule has 2 fully saturated rings. The molecule has 0 saturated heterocycles. The highest BCUT2D eigenvalue weighted by molar-refractivity contribution is 5.82. The van der Waals surface area contributed by atoms with Crippen LogP contribution in [0.25, 0.3) is 0 Å². The van der Waals surface area contributed by atoms with Crippen molar-refractivity contribution >= 4 is 5.91 Å². The molecular formula is C13H24N2O. The van der Waals surface area contributed by atoms with E-state index in [4.69, 9.17) is 5.73 Å². The molecule has 0 aliphatic heterocycles. The number of hydrogen-bond donors (Lipinski definition) is 2. The quantitative estimate of drug-likeness (QED) is 0.765. The van der Waals surface area contributed by atoms with Crippen molar-refractivity contribution in [3.05, 3.63) is 0 Å². The van der Waals surface area contributed by atoms with Gasteiger partial charge in [-0.25, -0.2) is 0 Å². The zero-order chi connectivity index (χ0) is 11.6. The van der Waals surface area contributed by atoms with Gasteiger partial charge >= 0.3 is 0 Å². The van der Waals surface area contributed by atoms with Crippen LogP contribution < -0.4 is 11.1 Å². The van der Waals surface area contributed by atoms with E-state index >= 15 is 0 Å². The second-order valence-corrected chi connectivity index (χ2v) is 5.77. The van der Waals surface area contributed by atoms with Crippen molar-refractivity contribution in [1.29, 1.82) is 0 Å². The Labute approximate surface area is 98.2 Å². The Bertz CT molecular complexity index is 255. The molecule has 2 rings (SSSR count). The van der Waals surface area contributed by atoms with Gasteiger partial charge in [-0.05, 0) is 31.6 Å². The lowest BCUT2D eigenvalue weighted by molar-refractivity contribution is -0.132. The first-order valence-electron chi connectivity index (χ1n) is 6.67. The molecule has 92 valence electrons. The van der Waals surface area contributed by atoms with E-state index in [1.807, 2.05) is 0 Å². The summed E-state index contributed by atoms with van der Waals surface area (Å²) in [5, 5.41) is 3.17. The first-order valence-corrected chi connectivity index (χ1v) is 6.67. The molecule has 2 aliphatic carbocycles. The molecule has 1 amide bonds. The number of carbonyl (C=O) groups excluding carboxylic acids is 1. The monoisotopic (exact) mass is 224 g/mol. The van der Waals surface area contributed by atoms with Crippen molar-refractivity contribution in [2.24, 2.45) is 17.1 Å². The smallest absolute Gasteiger partial charge is 0.226 e. The topological polar surface area (TPSA) is 55.1 Å². The van der Waals surface area contributed by atoms with Crippen molar-refractivity contribution in [2.75, 3.05) is 6.54 Å². The van der Waals surface area contributed by atoms with Gasteiger partial charge in [0.05, 0.1) is 0 Å². The minimum Gasteiger partial charge on any atom is -0.351 e. The van der Waals surface area contributed by atoms with Crippen LogP contribution in [-0.2, 0) is 4.79 Å². The largest absolute Gasteiger partial charge is 0.351 e. The Kier molecular flexibility index (Phi) is 3.53. The fraction of sp³-hybridized carbons (Fsp3) is 0.923. The molecule has 3 heteroatoms. The van der Waals surface area contributed by atoms with Gasteiger partial charge in [-0.2, -0.15) is 0 Å². The third-order valence-corrected chi connectivity index (χ3v) is 4.27. The number of amides is 1. The maximum absolute atomic E-state index is 12.3. The highest BCUT2D eigenvalue weighted by Gasteiger charge is 2.38. The van der Waals surface area contributed by atoms with E-state index in [-0.39, 0.29) is 17.4 Å². The van der Waals surface area contributed by atoms with Gasteiger partial charge < -0.3 is 11.1 Å². The summed E-state index contributed by atoms with van der Waals surface area (Å²) in [6, 6.07) is 0.228. The Hall–Kier alpha value is -0.570. The number of carbonyl (C=O) groups is 1. The second-order valence-electron chi connectivity index (χ2n) is 5.77. The molecule has 0 radical (unpaired) electrons. The van der Waals surface area contributed by atoms with Crippen LogP contribution in [0.5, 0.6) is 0 Å². The van der Waals surface area contributed by atoms with E-state index in [0.717, 1.165) is 12.8 Å². The normalized spacial score (nSPS) is 26.1. The van der Waals surface area contributed by atoms with Gasteiger partial charge in [-0.1, -0.05) is 26.2 Å². The maximum atomic E-state index is 12.3. The highest BCUT2D eigenvalue weighted by atomic mass is 16.2. The summed E-state index contributed by atoms with van der Waals surface area (Å²) in [5.41, 5.74) is 5.60. The van der Waals surface area contributed by atoms with Crippen molar-refractivity contribution in [2.45, 2.75) is 57.9 Å². The first kappa shape index (κ1) is 11.9. The molecular weight excluding hydrogens is 200 g/mol. The molecule has 3 nitrogen and oxygen atoms in total. The van der Waals surface area contributed by atoms with Gasteiger partial charge in [0.15, 0.2) is 0 Å². The van der Waals surface area contributed by atoms with Crippen LogP contribution in [0.3, 0.4) is 0 Å². The maximum Gasteiger partial charge on any atom is 0.226 e. The van der Waals surface area contributed by atoms with Crippen molar-refractivity contribution in [3.63, 3.8) is 0 Å². The molecule has 0 bridgehead atoms. The Morgan fingerprint density at radius 2 is 2.00 bits per heavy atom. The van der Waals surface area contributed by atoms with Crippen LogP contribution in [0, 0.1) is 11.3 Å². The van der Waals surface area contributed by atoms with Crippen molar-refractivity contribution in [1.82, 2.24) is 5.32 Å². The summed E-state index contributed by atoms with van der Waals surface area (Å²) in [6.45, 7) is 2.70. The predicted molar refractivity (Wildman–Crippen MR) is 64.9 cm³/mol. The minimum atomic E-state index is -0.124. The van der Waals surface area contributed by atoms with Gasteiger partial charge in [-0.3, -0.25) is 4.79 Å². The number of nitrogens with one attached hydrogen (secondary N) is 1. The molecule has 0 heterocycles. The third kappa shape index (κ3) is 2.57. The molecule has 3 N–H and O–H groups in total. The standard InChI is InChI=1S/C13H24N2O/c1-13(7-3-2-4-8-13)12(16)15-11(9-14)10-5-6-10/h10-11H,2-9,14H2,1H3,(H,15,16). The lowest BCUT2D eigenvalue weighted by atomic mass is 9.75. The van der Waals surface area contributed by atoms with Crippen molar-refractivity contribution in [3.8, 4) is 0 Å². The lowest BCUT2D eigenvalue weighted by Crippen LogP contribution is -2.48. The summed E-state index contributed by atoms with van der Waals surface area (Å²) in [4.78, 5) is 12.3. The van der Waals surface area contributed by atoms with Gasteiger partial charge in [-0.15, -0.1) is 0 Å². The van der Waals surface area contributed by atoms with Crippen LogP contribution in [0.15, 0.2) is 0 Å². The lowest BCUT2D eigenvalue weighted by Gasteiger charge is -2.33. The summed E-state index contributed by atoms with van der Waals surface area (Å²) in [7, 11) is 0. The SMILES string of the molecule is CC1(C(=O)NC(CN)C2CC2)CCCCC1. The third-order valence-electron chi connectivity index (χ3n) is 4.27. The molecule has 0 aromatic heterocycles. The van der Waals surface area contributed by atoms with Gasteiger partial charge in [0.25, 0.3) is 0 Å². The first-order chi connectivity index (χ1) is 7.65. The highest BCUT2D eigenvalue weighted by Crippen LogP contribution is 2.37. The van der Waals surface area contributed by atoms with Gasteiger partial charge in [0.1, 0.15) is 0 Å². The van der Waals surface area contributed by atoms with E-state index in [1.165, 1.54) is 32.1 Å². The Morgan fingerprint density at radius 3 is 2.50 bits per heavy atom. The molecule has 1 unspecified atom stereocenters. The molecule has 0 aromatic rings. The molecule has 1 atom stereocenters. The molecule has 2 aliphatic rings. The van der Waals surface area contributed by atoms with Crippen LogP contribution in [0.2, 0.25) is 0 Å². The predicted octanol–water partition coefficient (Wildman–Crippen LogP) is 1.81. The number of rotatable bonds is 4. The van der Waals surface area contributed by atoms with Gasteiger partial charge in [0, 0.05) is 18.0 Å². The molecule has 0 spiro atoms. The average molecular weight is 224 g/mol. The van der Waals surface area contributed by atoms with E-state index in [9.17, 15) is 4.79 Å². The summed E-state index contributed by atoms with van der Waals surface area (Å²) in [6.07, 6.45) is 8.23. The van der Waals surface area contributed by atoms with Crippen LogP contribution in [0.1, 0.15) is 51.9 Å². The van der Waals surface area contributed by atoms with E-state index < -0.39 is 0 Å². The fourth-order valence-electron chi connectivity index (χ4n) is 2.77. The summed E-state index contributed by atoms with van der Waals surface area (Å²) in [5.74, 6) is 0.899. The zero-order valence-electron chi connectivity index (χ0n) is 10.3. The molecule has 16 heavy (non-hydrogen) atoms. The van der Waals surface area contributed by atoms with Crippen LogP contribution in [-0.4, -0.2) is 18.5 Å². The Balaban J connectivity index is 1.89. The fourth-order valence-corrected chi connectivity index (χ4v) is 2.77. The van der Waals surface area contributed by atoms with E-state index in [1.54, 1.807) is 0 Å². The zero-order valence-corrected chi connectivity index (χ0v) is 10.3. The van der Waals surface area contributed by atoms with Crippen LogP contribution >= 0.6 is 0 Å². The average Bonchev–Trinajstić information content (AvgIpc) is 3.10.